The van der Waals surface area contributed by atoms with Gasteiger partial charge in [0.15, 0.2) is 5.16 Å². The molecular formula is C21H17ClN2O4S. The van der Waals surface area contributed by atoms with Crippen molar-refractivity contribution in [2.75, 3.05) is 0 Å². The van der Waals surface area contributed by atoms with Gasteiger partial charge in [-0.25, -0.2) is 9.78 Å². The summed E-state index contributed by atoms with van der Waals surface area (Å²) in [6.45, 7) is 3.84. The average Bonchev–Trinajstić information content (AvgIpc) is 2.64. The molecule has 29 heavy (non-hydrogen) atoms. The lowest BCUT2D eigenvalue weighted by molar-refractivity contribution is 0.473. The van der Waals surface area contributed by atoms with E-state index in [1.165, 1.54) is 30.0 Å². The van der Waals surface area contributed by atoms with E-state index in [4.69, 9.17) is 16.0 Å². The molecule has 0 atom stereocenters. The highest BCUT2D eigenvalue weighted by Gasteiger charge is 2.16. The maximum absolute atomic E-state index is 13.0. The molecule has 6 nitrogen and oxygen atoms in total. The number of benzene rings is 2. The number of phenolic OH excluding ortho intramolecular Hbond substituents is 1. The predicted octanol–water partition coefficient (Wildman–Crippen LogP) is 4.74. The van der Waals surface area contributed by atoms with E-state index in [0.29, 0.717) is 32.4 Å². The Labute approximate surface area is 174 Å². The highest BCUT2D eigenvalue weighted by Crippen LogP contribution is 2.29. The van der Waals surface area contributed by atoms with Gasteiger partial charge in [0.25, 0.3) is 5.56 Å². The molecule has 0 radical (unpaired) electrons. The zero-order chi connectivity index (χ0) is 20.7. The van der Waals surface area contributed by atoms with E-state index in [0.717, 1.165) is 10.9 Å². The number of hydrogen-bond acceptors (Lipinski definition) is 6. The van der Waals surface area contributed by atoms with Gasteiger partial charge in [-0.2, -0.15) is 0 Å². The van der Waals surface area contributed by atoms with Gasteiger partial charge in [0.05, 0.1) is 10.9 Å². The molecule has 0 aliphatic carbocycles. The van der Waals surface area contributed by atoms with Gasteiger partial charge >= 0.3 is 5.63 Å². The van der Waals surface area contributed by atoms with E-state index in [-0.39, 0.29) is 17.4 Å². The van der Waals surface area contributed by atoms with Crippen LogP contribution in [0.1, 0.15) is 25.5 Å². The van der Waals surface area contributed by atoms with Gasteiger partial charge in [0.1, 0.15) is 11.3 Å². The van der Waals surface area contributed by atoms with Crippen molar-refractivity contribution < 1.29 is 9.52 Å². The molecule has 0 aliphatic heterocycles. The molecule has 0 spiro atoms. The van der Waals surface area contributed by atoms with Crippen LogP contribution in [-0.4, -0.2) is 14.7 Å². The van der Waals surface area contributed by atoms with Gasteiger partial charge in [0, 0.05) is 34.3 Å². The zero-order valence-corrected chi connectivity index (χ0v) is 17.3. The topological polar surface area (TPSA) is 85.3 Å². The molecule has 0 aliphatic rings. The second-order valence-corrected chi connectivity index (χ2v) is 8.26. The van der Waals surface area contributed by atoms with Crippen LogP contribution in [0.25, 0.3) is 21.9 Å². The fourth-order valence-electron chi connectivity index (χ4n) is 3.19. The summed E-state index contributed by atoms with van der Waals surface area (Å²) in [6, 6.07) is 11.0. The minimum Gasteiger partial charge on any atom is -0.508 e. The van der Waals surface area contributed by atoms with Crippen molar-refractivity contribution in [3.8, 4) is 5.75 Å². The van der Waals surface area contributed by atoms with Crippen LogP contribution in [0, 0.1) is 0 Å². The molecule has 8 heteroatoms. The summed E-state index contributed by atoms with van der Waals surface area (Å²) in [7, 11) is 0. The van der Waals surface area contributed by atoms with Gasteiger partial charge in [-0.15, -0.1) is 0 Å². The third-order valence-corrected chi connectivity index (χ3v) is 5.75. The standard InChI is InChI=1S/C21H17ClN2O4S/c1-11(2)24-20(27)16-5-3-13(22)8-17(16)23-21(24)29-10-12-7-19(26)28-18-9-14(25)4-6-15(12)18/h3-9,11,25H,10H2,1-2H3. The van der Waals surface area contributed by atoms with Crippen LogP contribution in [0.2, 0.25) is 5.02 Å². The lowest BCUT2D eigenvalue weighted by Crippen LogP contribution is -2.25. The Bertz CT molecular complexity index is 1360. The van der Waals surface area contributed by atoms with Crippen molar-refractivity contribution in [2.45, 2.75) is 30.8 Å². The number of halogens is 1. The van der Waals surface area contributed by atoms with Gasteiger partial charge in [-0.3, -0.25) is 9.36 Å². The fourth-order valence-corrected chi connectivity index (χ4v) is 4.47. The van der Waals surface area contributed by atoms with Gasteiger partial charge in [-0.05, 0) is 49.7 Å². The van der Waals surface area contributed by atoms with Crippen molar-refractivity contribution in [1.29, 1.82) is 0 Å². The zero-order valence-electron chi connectivity index (χ0n) is 15.7. The number of nitrogens with zero attached hydrogens (tertiary/aromatic N) is 2. The Kier molecular flexibility index (Phi) is 5.10. The van der Waals surface area contributed by atoms with Crippen LogP contribution in [0.15, 0.2) is 61.6 Å². The molecule has 148 valence electrons. The Hall–Kier alpha value is -2.77. The molecule has 0 amide bonds. The van der Waals surface area contributed by atoms with Crippen molar-refractivity contribution >= 4 is 45.2 Å². The molecular weight excluding hydrogens is 412 g/mol. The van der Waals surface area contributed by atoms with Crippen LogP contribution < -0.4 is 11.2 Å². The summed E-state index contributed by atoms with van der Waals surface area (Å²) in [5.41, 5.74) is 0.943. The van der Waals surface area contributed by atoms with Crippen molar-refractivity contribution in [2.24, 2.45) is 0 Å². The summed E-state index contributed by atoms with van der Waals surface area (Å²) >= 11 is 7.43. The highest BCUT2D eigenvalue weighted by atomic mass is 35.5. The molecule has 0 saturated carbocycles. The van der Waals surface area contributed by atoms with Crippen molar-refractivity contribution in [3.63, 3.8) is 0 Å². The Morgan fingerprint density at radius 3 is 2.66 bits per heavy atom. The van der Waals surface area contributed by atoms with E-state index < -0.39 is 5.63 Å². The smallest absolute Gasteiger partial charge is 0.336 e. The molecule has 4 aromatic rings. The maximum Gasteiger partial charge on any atom is 0.336 e. The number of phenols is 1. The maximum atomic E-state index is 13.0. The van der Waals surface area contributed by atoms with Gasteiger partial charge < -0.3 is 9.52 Å². The lowest BCUT2D eigenvalue weighted by Gasteiger charge is -2.16. The van der Waals surface area contributed by atoms with E-state index in [1.54, 1.807) is 28.8 Å². The van der Waals surface area contributed by atoms with Crippen LogP contribution in [0.5, 0.6) is 5.75 Å². The lowest BCUT2D eigenvalue weighted by atomic mass is 10.1. The minimum absolute atomic E-state index is 0.0205. The van der Waals surface area contributed by atoms with Crippen molar-refractivity contribution in [3.05, 3.63) is 73.8 Å². The largest absolute Gasteiger partial charge is 0.508 e. The second-order valence-electron chi connectivity index (χ2n) is 6.88. The monoisotopic (exact) mass is 428 g/mol. The van der Waals surface area contributed by atoms with E-state index in [2.05, 4.69) is 4.98 Å². The first kappa shape index (κ1) is 19.5. The first-order valence-electron chi connectivity index (χ1n) is 8.94. The van der Waals surface area contributed by atoms with E-state index in [1.807, 2.05) is 13.8 Å². The SMILES string of the molecule is CC(C)n1c(SCc2cc(=O)oc3cc(O)ccc23)nc2cc(Cl)ccc2c1=O. The number of aromatic hydroxyl groups is 1. The molecule has 4 rings (SSSR count). The molecule has 0 saturated heterocycles. The number of aromatic nitrogens is 2. The first-order chi connectivity index (χ1) is 13.8. The number of fused-ring (bicyclic) bond motifs is 2. The van der Waals surface area contributed by atoms with Crippen LogP contribution >= 0.6 is 23.4 Å². The second kappa shape index (κ2) is 7.57. The molecule has 0 fully saturated rings. The van der Waals surface area contributed by atoms with E-state index >= 15 is 0 Å². The molecule has 2 aromatic heterocycles. The average molecular weight is 429 g/mol. The molecule has 0 bridgehead atoms. The summed E-state index contributed by atoms with van der Waals surface area (Å²) < 4.78 is 6.82. The normalized spacial score (nSPS) is 11.6. The summed E-state index contributed by atoms with van der Waals surface area (Å²) in [5, 5.41) is 11.9. The highest BCUT2D eigenvalue weighted by molar-refractivity contribution is 7.98. The van der Waals surface area contributed by atoms with E-state index in [9.17, 15) is 14.7 Å². The Morgan fingerprint density at radius 2 is 1.90 bits per heavy atom. The minimum atomic E-state index is -0.502. The molecule has 2 heterocycles. The number of hydrogen-bond donors (Lipinski definition) is 1. The molecule has 2 aromatic carbocycles. The molecule has 0 unspecified atom stereocenters. The third kappa shape index (κ3) is 3.75. The third-order valence-electron chi connectivity index (χ3n) is 4.52. The van der Waals surface area contributed by atoms with Crippen molar-refractivity contribution in [1.82, 2.24) is 9.55 Å². The Balaban J connectivity index is 1.81. The number of thioether (sulfide) groups is 1. The predicted molar refractivity (Wildman–Crippen MR) is 115 cm³/mol. The quantitative estimate of drug-likeness (QED) is 0.287. The van der Waals surface area contributed by atoms with Gasteiger partial charge in [0.2, 0.25) is 0 Å². The van der Waals surface area contributed by atoms with Crippen LogP contribution in [0.3, 0.4) is 0 Å². The van der Waals surface area contributed by atoms with Crippen LogP contribution in [-0.2, 0) is 5.75 Å². The first-order valence-corrected chi connectivity index (χ1v) is 10.3. The Morgan fingerprint density at radius 1 is 1.14 bits per heavy atom. The van der Waals surface area contributed by atoms with Crippen LogP contribution in [0.4, 0.5) is 0 Å². The number of rotatable bonds is 4. The summed E-state index contributed by atoms with van der Waals surface area (Å²) in [5.74, 6) is 0.421. The summed E-state index contributed by atoms with van der Waals surface area (Å²) in [4.78, 5) is 29.6. The summed E-state index contributed by atoms with van der Waals surface area (Å²) in [6.07, 6.45) is 0. The van der Waals surface area contributed by atoms with Gasteiger partial charge in [-0.1, -0.05) is 23.4 Å². The fraction of sp³-hybridized carbons (Fsp3) is 0.190. The molecule has 1 N–H and O–H groups in total.